The van der Waals surface area contributed by atoms with Gasteiger partial charge in [-0.15, -0.1) is 0 Å². The number of rotatable bonds is 1. The Bertz CT molecular complexity index is 267. The molecule has 0 saturated carbocycles. The van der Waals surface area contributed by atoms with Gasteiger partial charge in [-0.05, 0) is 32.3 Å². The number of carbonyl (C=O) groups is 1. The molecular weight excluding hydrogens is 148 g/mol. The zero-order chi connectivity index (χ0) is 8.97. The molecule has 1 aliphatic carbocycles. The van der Waals surface area contributed by atoms with Gasteiger partial charge in [0.25, 0.3) is 0 Å². The number of carbonyl (C=O) groups excluding carboxylic acids is 1. The second-order valence-electron chi connectivity index (χ2n) is 3.15. The molecule has 1 heteroatoms. The third-order valence-corrected chi connectivity index (χ3v) is 2.03. The smallest absolute Gasteiger partial charge is 0.155 e. The third-order valence-electron chi connectivity index (χ3n) is 2.03. The van der Waals surface area contributed by atoms with E-state index in [0.29, 0.717) is 0 Å². The maximum atomic E-state index is 11.0. The minimum absolute atomic E-state index is 0.189. The van der Waals surface area contributed by atoms with Crippen molar-refractivity contribution >= 4 is 5.78 Å². The predicted molar refractivity (Wildman–Crippen MR) is 50.9 cm³/mol. The average molecular weight is 162 g/mol. The molecule has 0 radical (unpaired) electrons. The Balaban J connectivity index is 2.77. The second kappa shape index (κ2) is 4.05. The first-order valence-electron chi connectivity index (χ1n) is 4.24. The van der Waals surface area contributed by atoms with Gasteiger partial charge in [0.05, 0.1) is 0 Å². The van der Waals surface area contributed by atoms with Crippen molar-refractivity contribution < 1.29 is 4.79 Å². The van der Waals surface area contributed by atoms with Crippen LogP contribution in [0.3, 0.4) is 0 Å². The summed E-state index contributed by atoms with van der Waals surface area (Å²) in [6, 6.07) is 0. The molecule has 0 spiro atoms. The Morgan fingerprint density at radius 2 is 1.92 bits per heavy atom. The monoisotopic (exact) mass is 162 g/mol. The Labute approximate surface area is 73.5 Å². The molecule has 1 rings (SSSR count). The fourth-order valence-corrected chi connectivity index (χ4v) is 1.18. The first-order chi connectivity index (χ1) is 5.70. The Kier molecular flexibility index (Phi) is 3.03. The van der Waals surface area contributed by atoms with Gasteiger partial charge in [-0.2, -0.15) is 0 Å². The quantitative estimate of drug-likeness (QED) is 0.579. The maximum absolute atomic E-state index is 11.0. The molecule has 0 aromatic carbocycles. The van der Waals surface area contributed by atoms with E-state index >= 15 is 0 Å². The molecule has 0 bridgehead atoms. The SMILES string of the molecule is CC(=O)/C1=C/C=C\C=C(\C)CC1. The molecule has 0 fully saturated rings. The van der Waals surface area contributed by atoms with Gasteiger partial charge in [0.2, 0.25) is 0 Å². The second-order valence-corrected chi connectivity index (χ2v) is 3.15. The van der Waals surface area contributed by atoms with Crippen molar-refractivity contribution in [1.82, 2.24) is 0 Å². The molecule has 12 heavy (non-hydrogen) atoms. The summed E-state index contributed by atoms with van der Waals surface area (Å²) in [6.07, 6.45) is 9.78. The summed E-state index contributed by atoms with van der Waals surface area (Å²) in [5, 5.41) is 0. The van der Waals surface area contributed by atoms with Gasteiger partial charge in [-0.3, -0.25) is 4.79 Å². The number of allylic oxidation sites excluding steroid dienone is 6. The number of ketones is 1. The van der Waals surface area contributed by atoms with Crippen LogP contribution in [0.25, 0.3) is 0 Å². The van der Waals surface area contributed by atoms with E-state index in [1.807, 2.05) is 18.2 Å². The van der Waals surface area contributed by atoms with Crippen LogP contribution in [0.4, 0.5) is 0 Å². The molecule has 0 atom stereocenters. The van der Waals surface area contributed by atoms with Crippen molar-refractivity contribution in [3.05, 3.63) is 35.5 Å². The number of Topliss-reactive ketones (excluding diaryl/α,β-unsaturated/α-hetero) is 1. The van der Waals surface area contributed by atoms with E-state index in [9.17, 15) is 4.79 Å². The lowest BCUT2D eigenvalue weighted by Gasteiger charge is -2.04. The summed E-state index contributed by atoms with van der Waals surface area (Å²) in [4.78, 5) is 11.0. The molecule has 0 amide bonds. The van der Waals surface area contributed by atoms with Gasteiger partial charge in [-0.25, -0.2) is 0 Å². The van der Waals surface area contributed by atoms with Crippen LogP contribution < -0.4 is 0 Å². The van der Waals surface area contributed by atoms with E-state index in [4.69, 9.17) is 0 Å². The highest BCUT2D eigenvalue weighted by atomic mass is 16.1. The Morgan fingerprint density at radius 1 is 1.25 bits per heavy atom. The first-order valence-corrected chi connectivity index (χ1v) is 4.24. The van der Waals surface area contributed by atoms with Crippen LogP contribution in [0.15, 0.2) is 35.5 Å². The Morgan fingerprint density at radius 3 is 2.58 bits per heavy atom. The topological polar surface area (TPSA) is 17.1 Å². The van der Waals surface area contributed by atoms with Gasteiger partial charge in [0.1, 0.15) is 0 Å². The van der Waals surface area contributed by atoms with Crippen LogP contribution in [-0.2, 0) is 4.79 Å². The number of hydrogen-bond acceptors (Lipinski definition) is 1. The van der Waals surface area contributed by atoms with Crippen LogP contribution in [0, 0.1) is 0 Å². The van der Waals surface area contributed by atoms with E-state index in [2.05, 4.69) is 13.0 Å². The highest BCUT2D eigenvalue weighted by Crippen LogP contribution is 2.14. The van der Waals surface area contributed by atoms with Gasteiger partial charge in [0, 0.05) is 0 Å². The highest BCUT2D eigenvalue weighted by Gasteiger charge is 2.03. The van der Waals surface area contributed by atoms with Crippen molar-refractivity contribution in [3.8, 4) is 0 Å². The van der Waals surface area contributed by atoms with Gasteiger partial charge >= 0.3 is 0 Å². The van der Waals surface area contributed by atoms with Crippen LogP contribution in [0.1, 0.15) is 26.7 Å². The molecule has 0 unspecified atom stereocenters. The summed E-state index contributed by atoms with van der Waals surface area (Å²) < 4.78 is 0. The van der Waals surface area contributed by atoms with Gasteiger partial charge in [-0.1, -0.05) is 29.9 Å². The molecule has 1 aliphatic rings. The maximum Gasteiger partial charge on any atom is 0.155 e. The van der Waals surface area contributed by atoms with Crippen LogP contribution >= 0.6 is 0 Å². The van der Waals surface area contributed by atoms with Crippen LogP contribution in [0.2, 0.25) is 0 Å². The van der Waals surface area contributed by atoms with Crippen molar-refractivity contribution in [1.29, 1.82) is 0 Å². The Hall–Kier alpha value is -1.11. The summed E-state index contributed by atoms with van der Waals surface area (Å²) in [7, 11) is 0. The van der Waals surface area contributed by atoms with Gasteiger partial charge in [0.15, 0.2) is 5.78 Å². The summed E-state index contributed by atoms with van der Waals surface area (Å²) in [6.45, 7) is 3.72. The molecule has 0 aromatic heterocycles. The molecule has 0 N–H and O–H groups in total. The minimum atomic E-state index is 0.189. The van der Waals surface area contributed by atoms with Crippen LogP contribution in [-0.4, -0.2) is 5.78 Å². The van der Waals surface area contributed by atoms with Crippen molar-refractivity contribution in [3.63, 3.8) is 0 Å². The normalized spacial score (nSPS) is 28.8. The largest absolute Gasteiger partial charge is 0.295 e. The van der Waals surface area contributed by atoms with E-state index in [-0.39, 0.29) is 5.78 Å². The van der Waals surface area contributed by atoms with Crippen LogP contribution in [0.5, 0.6) is 0 Å². The van der Waals surface area contributed by atoms with Crippen molar-refractivity contribution in [2.24, 2.45) is 0 Å². The fraction of sp³-hybridized carbons (Fsp3) is 0.364. The molecular formula is C11H14O. The molecule has 0 heterocycles. The molecule has 0 aromatic rings. The first kappa shape index (κ1) is 8.98. The van der Waals surface area contributed by atoms with Gasteiger partial charge < -0.3 is 0 Å². The lowest BCUT2D eigenvalue weighted by atomic mass is 10.0. The van der Waals surface area contributed by atoms with E-state index in [1.165, 1.54) is 5.57 Å². The van der Waals surface area contributed by atoms with E-state index in [1.54, 1.807) is 6.92 Å². The summed E-state index contributed by atoms with van der Waals surface area (Å²) >= 11 is 0. The molecule has 0 aliphatic heterocycles. The van der Waals surface area contributed by atoms with Crippen molar-refractivity contribution in [2.75, 3.05) is 0 Å². The van der Waals surface area contributed by atoms with Crippen molar-refractivity contribution in [2.45, 2.75) is 26.7 Å². The standard InChI is InChI=1S/C11H14O/c1-9-5-3-4-6-11(8-7-9)10(2)12/h3-6H,7-8H2,1-2H3/b4-3-,9-5-,11-6+. The lowest BCUT2D eigenvalue weighted by Crippen LogP contribution is -1.97. The molecule has 0 saturated heterocycles. The summed E-state index contributed by atoms with van der Waals surface area (Å²) in [5.74, 6) is 0.189. The minimum Gasteiger partial charge on any atom is -0.295 e. The van der Waals surface area contributed by atoms with E-state index < -0.39 is 0 Å². The predicted octanol–water partition coefficient (Wildman–Crippen LogP) is 2.80. The van der Waals surface area contributed by atoms with E-state index in [0.717, 1.165) is 18.4 Å². The number of hydrogen-bond donors (Lipinski definition) is 0. The zero-order valence-electron chi connectivity index (χ0n) is 7.63. The average Bonchev–Trinajstić information content (AvgIpc) is 1.97. The summed E-state index contributed by atoms with van der Waals surface area (Å²) in [5.41, 5.74) is 2.26. The lowest BCUT2D eigenvalue weighted by molar-refractivity contribution is -0.113. The highest BCUT2D eigenvalue weighted by molar-refractivity contribution is 5.93. The molecule has 64 valence electrons. The third kappa shape index (κ3) is 2.50. The zero-order valence-corrected chi connectivity index (χ0v) is 7.63. The fourth-order valence-electron chi connectivity index (χ4n) is 1.18. The molecule has 1 nitrogen and oxygen atoms in total.